The summed E-state index contributed by atoms with van der Waals surface area (Å²) >= 11 is 3.10. The number of ether oxygens (including phenoxy) is 1. The molecule has 4 aromatic rings. The molecular weight excluding hydrogens is 452 g/mol. The third-order valence-electron chi connectivity index (χ3n) is 5.86. The monoisotopic (exact) mass is 476 g/mol. The molecule has 0 atom stereocenters. The van der Waals surface area contributed by atoms with E-state index in [0.29, 0.717) is 22.7 Å². The normalized spacial score (nSPS) is 13.4. The number of amides is 1. The first-order valence-corrected chi connectivity index (χ1v) is 12.9. The highest BCUT2D eigenvalue weighted by Crippen LogP contribution is 2.38. The quantitative estimate of drug-likeness (QED) is 0.256. The third kappa shape index (κ3) is 4.30. The molecule has 1 amide bonds. The van der Waals surface area contributed by atoms with Gasteiger partial charge in [-0.05, 0) is 61.7 Å². The highest BCUT2D eigenvalue weighted by Gasteiger charge is 2.27. The minimum absolute atomic E-state index is 0.242. The molecule has 0 aliphatic heterocycles. The predicted molar refractivity (Wildman–Crippen MR) is 135 cm³/mol. The zero-order valence-corrected chi connectivity index (χ0v) is 20.0. The van der Waals surface area contributed by atoms with Gasteiger partial charge in [0.2, 0.25) is 0 Å². The van der Waals surface area contributed by atoms with Crippen LogP contribution in [-0.2, 0) is 17.6 Å². The van der Waals surface area contributed by atoms with Gasteiger partial charge in [-0.25, -0.2) is 9.78 Å². The van der Waals surface area contributed by atoms with Crippen molar-refractivity contribution >= 4 is 50.5 Å². The van der Waals surface area contributed by atoms with Gasteiger partial charge in [0.15, 0.2) is 0 Å². The van der Waals surface area contributed by atoms with Crippen LogP contribution in [0.1, 0.15) is 57.3 Å². The fourth-order valence-electron chi connectivity index (χ4n) is 4.33. The molecule has 1 aliphatic carbocycles. The number of carbonyl (C=O) groups excluding carboxylic acids is 2. The van der Waals surface area contributed by atoms with Crippen LogP contribution in [-0.4, -0.2) is 23.5 Å². The third-order valence-corrected chi connectivity index (χ3v) is 7.96. The maximum absolute atomic E-state index is 13.6. The Morgan fingerprint density at radius 1 is 1.09 bits per heavy atom. The molecule has 3 heterocycles. The first-order valence-electron chi connectivity index (χ1n) is 11.2. The smallest absolute Gasteiger partial charge is 0.341 e. The second-order valence-electron chi connectivity index (χ2n) is 7.99. The Morgan fingerprint density at radius 2 is 1.94 bits per heavy atom. The van der Waals surface area contributed by atoms with Crippen LogP contribution >= 0.6 is 22.7 Å². The number of esters is 1. The van der Waals surface area contributed by atoms with Gasteiger partial charge in [-0.3, -0.25) is 4.79 Å². The summed E-state index contributed by atoms with van der Waals surface area (Å²) in [6.45, 7) is 2.10. The number of nitrogens with zero attached hydrogens (tertiary/aromatic N) is 1. The average Bonchev–Trinajstić information content (AvgIpc) is 3.41. The zero-order chi connectivity index (χ0) is 22.8. The Balaban J connectivity index is 1.57. The molecule has 7 heteroatoms. The van der Waals surface area contributed by atoms with Crippen molar-refractivity contribution in [3.05, 3.63) is 69.4 Å². The van der Waals surface area contributed by atoms with Gasteiger partial charge in [0.1, 0.15) is 5.00 Å². The summed E-state index contributed by atoms with van der Waals surface area (Å²) in [5, 5.41) is 6.43. The molecule has 0 saturated carbocycles. The van der Waals surface area contributed by atoms with Crippen LogP contribution in [0, 0.1) is 0 Å². The first-order chi connectivity index (χ1) is 16.2. The van der Waals surface area contributed by atoms with Crippen LogP contribution in [0.3, 0.4) is 0 Å². The van der Waals surface area contributed by atoms with E-state index in [2.05, 4.69) is 5.32 Å². The van der Waals surface area contributed by atoms with Crippen molar-refractivity contribution in [2.45, 2.75) is 39.0 Å². The summed E-state index contributed by atoms with van der Waals surface area (Å²) in [4.78, 5) is 33.4. The molecule has 0 spiro atoms. The van der Waals surface area contributed by atoms with Gasteiger partial charge in [-0.15, -0.1) is 22.7 Å². The van der Waals surface area contributed by atoms with E-state index in [0.717, 1.165) is 59.1 Å². The highest BCUT2D eigenvalue weighted by atomic mass is 32.1. The second-order valence-corrected chi connectivity index (χ2v) is 10.0. The number of rotatable bonds is 5. The van der Waals surface area contributed by atoms with Gasteiger partial charge in [0.25, 0.3) is 5.91 Å². The number of hydrogen-bond donors (Lipinski definition) is 1. The number of aromatic nitrogens is 1. The maximum atomic E-state index is 13.6. The summed E-state index contributed by atoms with van der Waals surface area (Å²) in [7, 11) is 0. The fourth-order valence-corrected chi connectivity index (χ4v) is 6.29. The molecular formula is C26H24N2O3S2. The van der Waals surface area contributed by atoms with Crippen LogP contribution in [0.2, 0.25) is 0 Å². The summed E-state index contributed by atoms with van der Waals surface area (Å²) in [6, 6.07) is 13.5. The first kappa shape index (κ1) is 21.8. The van der Waals surface area contributed by atoms with Crippen LogP contribution in [0.25, 0.3) is 21.5 Å². The minimum atomic E-state index is -0.355. The van der Waals surface area contributed by atoms with Crippen molar-refractivity contribution in [1.29, 1.82) is 0 Å². The second kappa shape index (κ2) is 9.45. The van der Waals surface area contributed by atoms with Crippen LogP contribution in [0.4, 0.5) is 5.00 Å². The van der Waals surface area contributed by atoms with Crippen LogP contribution in [0.15, 0.2) is 47.8 Å². The Morgan fingerprint density at radius 3 is 2.76 bits per heavy atom. The lowest BCUT2D eigenvalue weighted by Gasteiger charge is -2.11. The largest absolute Gasteiger partial charge is 0.462 e. The maximum Gasteiger partial charge on any atom is 0.341 e. The molecule has 0 fully saturated rings. The van der Waals surface area contributed by atoms with E-state index in [1.165, 1.54) is 16.2 Å². The van der Waals surface area contributed by atoms with E-state index in [1.807, 2.05) is 47.8 Å². The predicted octanol–water partition coefficient (Wildman–Crippen LogP) is 6.72. The number of nitrogens with one attached hydrogen (secondary N) is 1. The van der Waals surface area contributed by atoms with Crippen molar-refractivity contribution in [3.63, 3.8) is 0 Å². The Labute approximate surface area is 200 Å². The number of anilines is 1. The molecule has 0 bridgehead atoms. The van der Waals surface area contributed by atoms with Crippen molar-refractivity contribution in [1.82, 2.24) is 4.98 Å². The van der Waals surface area contributed by atoms with Gasteiger partial charge in [-0.2, -0.15) is 0 Å². The molecule has 1 aromatic carbocycles. The molecule has 0 radical (unpaired) electrons. The Bertz CT molecular complexity index is 1330. The highest BCUT2D eigenvalue weighted by molar-refractivity contribution is 7.17. The van der Waals surface area contributed by atoms with Crippen molar-refractivity contribution in [2.75, 3.05) is 11.9 Å². The summed E-state index contributed by atoms with van der Waals surface area (Å²) < 4.78 is 5.37. The molecule has 168 valence electrons. The van der Waals surface area contributed by atoms with Crippen LogP contribution in [0.5, 0.6) is 0 Å². The number of thiophene rings is 2. The molecule has 1 aliphatic rings. The van der Waals surface area contributed by atoms with Gasteiger partial charge < -0.3 is 10.1 Å². The van der Waals surface area contributed by atoms with E-state index in [9.17, 15) is 9.59 Å². The number of pyridine rings is 1. The number of hydrogen-bond acceptors (Lipinski definition) is 6. The topological polar surface area (TPSA) is 68.3 Å². The van der Waals surface area contributed by atoms with Crippen molar-refractivity contribution in [3.8, 4) is 10.6 Å². The number of carbonyl (C=O) groups is 2. The van der Waals surface area contributed by atoms with Crippen molar-refractivity contribution < 1.29 is 14.3 Å². The van der Waals surface area contributed by atoms with Gasteiger partial charge in [0, 0.05) is 10.3 Å². The minimum Gasteiger partial charge on any atom is -0.462 e. The van der Waals surface area contributed by atoms with Gasteiger partial charge in [-0.1, -0.05) is 30.7 Å². The number of benzene rings is 1. The van der Waals surface area contributed by atoms with E-state index in [1.54, 1.807) is 18.3 Å². The SMILES string of the molecule is CCOC(=O)c1c(NC(=O)c2cc(-c3cccs3)nc3ccccc23)sc2c1CCCCC2. The van der Waals surface area contributed by atoms with E-state index in [4.69, 9.17) is 9.72 Å². The lowest BCUT2D eigenvalue weighted by molar-refractivity contribution is 0.0527. The molecule has 0 saturated heterocycles. The molecule has 1 N–H and O–H groups in total. The fraction of sp³-hybridized carbons (Fsp3) is 0.269. The van der Waals surface area contributed by atoms with E-state index in [-0.39, 0.29) is 11.9 Å². The van der Waals surface area contributed by atoms with Crippen molar-refractivity contribution in [2.24, 2.45) is 0 Å². The summed E-state index contributed by atoms with van der Waals surface area (Å²) in [5.74, 6) is -0.598. The number of para-hydroxylation sites is 1. The summed E-state index contributed by atoms with van der Waals surface area (Å²) in [6.07, 6.45) is 5.07. The molecule has 3 aromatic heterocycles. The lowest BCUT2D eigenvalue weighted by atomic mass is 10.0. The molecule has 5 nitrogen and oxygen atoms in total. The Kier molecular flexibility index (Phi) is 6.24. The van der Waals surface area contributed by atoms with Gasteiger partial charge >= 0.3 is 5.97 Å². The van der Waals surface area contributed by atoms with Gasteiger partial charge in [0.05, 0.1) is 33.8 Å². The summed E-state index contributed by atoms with van der Waals surface area (Å²) in [5.41, 5.74) is 3.65. The van der Waals surface area contributed by atoms with E-state index >= 15 is 0 Å². The van der Waals surface area contributed by atoms with E-state index < -0.39 is 0 Å². The zero-order valence-electron chi connectivity index (χ0n) is 18.3. The Hall–Kier alpha value is -3.03. The molecule has 5 rings (SSSR count). The molecule has 0 unspecified atom stereocenters. The molecule has 33 heavy (non-hydrogen) atoms. The lowest BCUT2D eigenvalue weighted by Crippen LogP contribution is -2.16. The standard InChI is InChI=1S/C26H24N2O3S2/c1-2-31-26(30)23-17-10-4-3-5-12-21(17)33-25(23)28-24(29)18-15-20(22-13-8-14-32-22)27-19-11-7-6-9-16(18)19/h6-9,11,13-15H,2-5,10,12H2,1H3,(H,28,29). The number of fused-ring (bicyclic) bond motifs is 2. The average molecular weight is 477 g/mol. The van der Waals surface area contributed by atoms with Crippen LogP contribution < -0.4 is 5.32 Å². The number of aryl methyl sites for hydroxylation is 1.